The summed E-state index contributed by atoms with van der Waals surface area (Å²) < 4.78 is 5.17. The molecule has 1 aromatic rings. The van der Waals surface area contributed by atoms with Gasteiger partial charge in [-0.1, -0.05) is 31.4 Å². The predicted molar refractivity (Wildman–Crippen MR) is 79.4 cm³/mol. The van der Waals surface area contributed by atoms with Crippen molar-refractivity contribution in [2.45, 2.75) is 44.2 Å². The SMILES string of the molecule is COc1ccc(C(N)CN(C)C2CCCCC2)cc1. The van der Waals surface area contributed by atoms with E-state index in [1.54, 1.807) is 7.11 Å². The van der Waals surface area contributed by atoms with E-state index in [1.165, 1.54) is 37.7 Å². The second kappa shape index (κ2) is 6.92. The predicted octanol–water partition coefficient (Wildman–Crippen LogP) is 2.96. The van der Waals surface area contributed by atoms with Gasteiger partial charge in [0.15, 0.2) is 0 Å². The molecule has 2 rings (SSSR count). The van der Waals surface area contributed by atoms with Crippen LogP contribution in [0, 0.1) is 0 Å². The molecule has 0 spiro atoms. The summed E-state index contributed by atoms with van der Waals surface area (Å²) in [6.45, 7) is 0.928. The molecule has 0 saturated heterocycles. The molecule has 106 valence electrons. The highest BCUT2D eigenvalue weighted by molar-refractivity contribution is 5.29. The molecule has 0 bridgehead atoms. The fraction of sp³-hybridized carbons (Fsp3) is 0.625. The van der Waals surface area contributed by atoms with Gasteiger partial charge in [-0.3, -0.25) is 0 Å². The average Bonchev–Trinajstić information content (AvgIpc) is 2.48. The first-order valence-electron chi connectivity index (χ1n) is 7.30. The van der Waals surface area contributed by atoms with E-state index in [4.69, 9.17) is 10.5 Å². The Morgan fingerprint density at radius 2 is 1.84 bits per heavy atom. The minimum atomic E-state index is 0.0813. The number of rotatable bonds is 5. The Morgan fingerprint density at radius 3 is 2.42 bits per heavy atom. The molecule has 0 heterocycles. The van der Waals surface area contributed by atoms with E-state index in [2.05, 4.69) is 24.1 Å². The van der Waals surface area contributed by atoms with Gasteiger partial charge >= 0.3 is 0 Å². The van der Waals surface area contributed by atoms with Crippen LogP contribution in [0.2, 0.25) is 0 Å². The third kappa shape index (κ3) is 3.95. The maximum absolute atomic E-state index is 6.31. The number of hydrogen-bond acceptors (Lipinski definition) is 3. The van der Waals surface area contributed by atoms with Gasteiger partial charge in [0.25, 0.3) is 0 Å². The maximum Gasteiger partial charge on any atom is 0.118 e. The molecule has 1 atom stereocenters. The van der Waals surface area contributed by atoms with Crippen LogP contribution in [-0.4, -0.2) is 31.6 Å². The van der Waals surface area contributed by atoms with Crippen molar-refractivity contribution < 1.29 is 4.74 Å². The number of likely N-dealkylation sites (N-methyl/N-ethyl adjacent to an activating group) is 1. The van der Waals surface area contributed by atoms with Crippen molar-refractivity contribution in [3.8, 4) is 5.75 Å². The van der Waals surface area contributed by atoms with E-state index in [0.717, 1.165) is 18.3 Å². The van der Waals surface area contributed by atoms with Crippen molar-refractivity contribution in [2.75, 3.05) is 20.7 Å². The molecule has 1 fully saturated rings. The summed E-state index contributed by atoms with van der Waals surface area (Å²) in [4.78, 5) is 2.44. The lowest BCUT2D eigenvalue weighted by Gasteiger charge is -2.33. The second-order valence-electron chi connectivity index (χ2n) is 5.61. The minimum Gasteiger partial charge on any atom is -0.497 e. The lowest BCUT2D eigenvalue weighted by atomic mass is 9.94. The van der Waals surface area contributed by atoms with Crippen molar-refractivity contribution >= 4 is 0 Å². The topological polar surface area (TPSA) is 38.5 Å². The molecule has 0 radical (unpaired) electrons. The van der Waals surface area contributed by atoms with E-state index in [1.807, 2.05) is 12.1 Å². The van der Waals surface area contributed by atoms with Gasteiger partial charge in [0, 0.05) is 18.6 Å². The van der Waals surface area contributed by atoms with Crippen LogP contribution in [0.5, 0.6) is 5.75 Å². The first kappa shape index (κ1) is 14.4. The van der Waals surface area contributed by atoms with Crippen molar-refractivity contribution in [1.82, 2.24) is 4.90 Å². The Labute approximate surface area is 116 Å². The monoisotopic (exact) mass is 262 g/mol. The van der Waals surface area contributed by atoms with E-state index in [9.17, 15) is 0 Å². The van der Waals surface area contributed by atoms with Crippen LogP contribution in [0.25, 0.3) is 0 Å². The van der Waals surface area contributed by atoms with Crippen LogP contribution in [0.15, 0.2) is 24.3 Å². The summed E-state index contributed by atoms with van der Waals surface area (Å²) in [5, 5.41) is 0. The van der Waals surface area contributed by atoms with E-state index >= 15 is 0 Å². The first-order valence-corrected chi connectivity index (χ1v) is 7.30. The standard InChI is InChI=1S/C16H26N2O/c1-18(14-6-4-3-5-7-14)12-16(17)13-8-10-15(19-2)11-9-13/h8-11,14,16H,3-7,12,17H2,1-2H3. The van der Waals surface area contributed by atoms with E-state index in [-0.39, 0.29) is 6.04 Å². The Bertz CT molecular complexity index is 371. The smallest absolute Gasteiger partial charge is 0.118 e. The van der Waals surface area contributed by atoms with Crippen LogP contribution in [0.3, 0.4) is 0 Å². The molecule has 1 aromatic carbocycles. The van der Waals surface area contributed by atoms with Gasteiger partial charge in [-0.2, -0.15) is 0 Å². The third-order valence-corrected chi connectivity index (χ3v) is 4.23. The van der Waals surface area contributed by atoms with Crippen LogP contribution >= 0.6 is 0 Å². The van der Waals surface area contributed by atoms with Gasteiger partial charge in [0.05, 0.1) is 7.11 Å². The molecule has 1 aliphatic rings. The van der Waals surface area contributed by atoms with Crippen LogP contribution in [0.4, 0.5) is 0 Å². The zero-order valence-electron chi connectivity index (χ0n) is 12.1. The van der Waals surface area contributed by atoms with Gasteiger partial charge in [0.2, 0.25) is 0 Å². The quantitative estimate of drug-likeness (QED) is 0.886. The van der Waals surface area contributed by atoms with E-state index < -0.39 is 0 Å². The van der Waals surface area contributed by atoms with Gasteiger partial charge in [-0.25, -0.2) is 0 Å². The lowest BCUT2D eigenvalue weighted by Crippen LogP contribution is -2.38. The van der Waals surface area contributed by atoms with Gasteiger partial charge in [-0.05, 0) is 37.6 Å². The summed E-state index contributed by atoms with van der Waals surface area (Å²) in [6, 6.07) is 8.90. The molecule has 19 heavy (non-hydrogen) atoms. The highest BCUT2D eigenvalue weighted by Gasteiger charge is 2.20. The third-order valence-electron chi connectivity index (χ3n) is 4.23. The normalized spacial score (nSPS) is 18.5. The zero-order valence-corrected chi connectivity index (χ0v) is 12.1. The first-order chi connectivity index (χ1) is 9.20. The molecule has 2 N–H and O–H groups in total. The Morgan fingerprint density at radius 1 is 1.21 bits per heavy atom. The highest BCUT2D eigenvalue weighted by Crippen LogP contribution is 2.23. The lowest BCUT2D eigenvalue weighted by molar-refractivity contribution is 0.182. The second-order valence-corrected chi connectivity index (χ2v) is 5.61. The summed E-state index contributed by atoms with van der Waals surface area (Å²) in [6.07, 6.45) is 6.78. The molecule has 0 aliphatic heterocycles. The van der Waals surface area contributed by atoms with Crippen molar-refractivity contribution in [1.29, 1.82) is 0 Å². The van der Waals surface area contributed by atoms with Crippen molar-refractivity contribution in [3.63, 3.8) is 0 Å². The highest BCUT2D eigenvalue weighted by atomic mass is 16.5. The summed E-state index contributed by atoms with van der Waals surface area (Å²) in [5.74, 6) is 0.886. The number of ether oxygens (including phenoxy) is 1. The maximum atomic E-state index is 6.31. The Balaban J connectivity index is 1.89. The molecular weight excluding hydrogens is 236 g/mol. The zero-order chi connectivity index (χ0) is 13.7. The number of nitrogens with two attached hydrogens (primary N) is 1. The van der Waals surface area contributed by atoms with Gasteiger partial charge in [-0.15, -0.1) is 0 Å². The molecule has 1 unspecified atom stereocenters. The summed E-state index contributed by atoms with van der Waals surface area (Å²) in [5.41, 5.74) is 7.50. The minimum absolute atomic E-state index is 0.0813. The number of methoxy groups -OCH3 is 1. The summed E-state index contributed by atoms with van der Waals surface area (Å²) >= 11 is 0. The van der Waals surface area contributed by atoms with Crippen LogP contribution < -0.4 is 10.5 Å². The van der Waals surface area contributed by atoms with Crippen molar-refractivity contribution in [3.05, 3.63) is 29.8 Å². The molecule has 1 aliphatic carbocycles. The Hall–Kier alpha value is -1.06. The van der Waals surface area contributed by atoms with Crippen LogP contribution in [-0.2, 0) is 0 Å². The van der Waals surface area contributed by atoms with E-state index in [0.29, 0.717) is 0 Å². The van der Waals surface area contributed by atoms with Gasteiger partial charge in [0.1, 0.15) is 5.75 Å². The fourth-order valence-corrected chi connectivity index (χ4v) is 2.94. The molecule has 3 nitrogen and oxygen atoms in total. The molecular formula is C16H26N2O. The van der Waals surface area contributed by atoms with Crippen LogP contribution in [0.1, 0.15) is 43.7 Å². The number of benzene rings is 1. The van der Waals surface area contributed by atoms with Crippen molar-refractivity contribution in [2.24, 2.45) is 5.73 Å². The van der Waals surface area contributed by atoms with Gasteiger partial charge < -0.3 is 15.4 Å². The molecule has 1 saturated carbocycles. The molecule has 0 aromatic heterocycles. The fourth-order valence-electron chi connectivity index (χ4n) is 2.94. The molecule has 3 heteroatoms. The number of nitrogens with zero attached hydrogens (tertiary/aromatic N) is 1. The summed E-state index contributed by atoms with van der Waals surface area (Å²) in [7, 11) is 3.89. The average molecular weight is 262 g/mol. The Kier molecular flexibility index (Phi) is 5.23. The molecule has 0 amide bonds. The number of hydrogen-bond donors (Lipinski definition) is 1. The largest absolute Gasteiger partial charge is 0.497 e.